The number of rotatable bonds is 11. The highest BCUT2D eigenvalue weighted by atomic mass is 16.5. The zero-order chi connectivity index (χ0) is 26.7. The number of ether oxygens (including phenoxy) is 3. The van der Waals surface area contributed by atoms with Gasteiger partial charge >= 0.3 is 0 Å². The lowest BCUT2D eigenvalue weighted by atomic mass is 10.00. The number of carbonyl (C=O) groups excluding carboxylic acids is 1. The van der Waals surface area contributed by atoms with Gasteiger partial charge in [-0.25, -0.2) is 0 Å². The number of likely N-dealkylation sites (tertiary alicyclic amines) is 1. The molecule has 7 nitrogen and oxygen atoms in total. The molecule has 0 atom stereocenters. The van der Waals surface area contributed by atoms with Crippen LogP contribution in [-0.4, -0.2) is 62.4 Å². The third-order valence-electron chi connectivity index (χ3n) is 6.72. The molecule has 1 saturated heterocycles. The summed E-state index contributed by atoms with van der Waals surface area (Å²) < 4.78 is 17.0. The molecule has 4 rings (SSSR count). The number of phenolic OH excluding ortho intramolecular Hbond substituents is 1. The number of benzene rings is 3. The standard InChI is InChI=1S/C31H36N2O5/c1-36-27-21-23(22-28(37-2)30(27)35)13-14-29(34)32-17-20-33-18-15-26(16-19-33)38-31(24-9-5-3-6-10-24)25-11-7-4-8-12-25/h3-14,21-22,26,31,35H,15-20H2,1-2H3,(H,32,34). The first-order chi connectivity index (χ1) is 18.6. The Bertz CT molecular complexity index is 1130. The Kier molecular flexibility index (Phi) is 9.78. The van der Waals surface area contributed by atoms with Gasteiger partial charge in [0.05, 0.1) is 20.3 Å². The van der Waals surface area contributed by atoms with Gasteiger partial charge in [0.2, 0.25) is 11.7 Å². The van der Waals surface area contributed by atoms with Gasteiger partial charge in [0.1, 0.15) is 6.10 Å². The average molecular weight is 517 g/mol. The second kappa shape index (κ2) is 13.7. The highest BCUT2D eigenvalue weighted by molar-refractivity contribution is 5.91. The second-order valence-corrected chi connectivity index (χ2v) is 9.28. The van der Waals surface area contributed by atoms with Crippen molar-refractivity contribution in [2.75, 3.05) is 40.4 Å². The molecule has 0 aromatic heterocycles. The van der Waals surface area contributed by atoms with Crippen LogP contribution in [0.25, 0.3) is 6.08 Å². The van der Waals surface area contributed by atoms with Crippen LogP contribution in [0.3, 0.4) is 0 Å². The normalized spacial score (nSPS) is 14.6. The van der Waals surface area contributed by atoms with Crippen molar-refractivity contribution in [2.24, 2.45) is 0 Å². The molecule has 0 bridgehead atoms. The SMILES string of the molecule is COc1cc(C=CC(=O)NCCN2CCC(OC(c3ccccc3)c3ccccc3)CC2)cc(OC)c1O. The molecule has 3 aromatic carbocycles. The van der Waals surface area contributed by atoms with Crippen molar-refractivity contribution < 1.29 is 24.1 Å². The van der Waals surface area contributed by atoms with Crippen molar-refractivity contribution in [2.45, 2.75) is 25.0 Å². The first-order valence-electron chi connectivity index (χ1n) is 13.0. The smallest absolute Gasteiger partial charge is 0.244 e. The van der Waals surface area contributed by atoms with E-state index >= 15 is 0 Å². The largest absolute Gasteiger partial charge is 0.502 e. The number of piperidine rings is 1. The van der Waals surface area contributed by atoms with Crippen LogP contribution >= 0.6 is 0 Å². The molecular weight excluding hydrogens is 480 g/mol. The molecule has 1 fully saturated rings. The quantitative estimate of drug-likeness (QED) is 0.356. The predicted molar refractivity (Wildman–Crippen MR) is 149 cm³/mol. The number of hydrogen-bond acceptors (Lipinski definition) is 6. The Balaban J connectivity index is 1.23. The molecule has 0 spiro atoms. The lowest BCUT2D eigenvalue weighted by Gasteiger charge is -2.34. The molecular formula is C31H36N2O5. The zero-order valence-electron chi connectivity index (χ0n) is 22.0. The average Bonchev–Trinajstić information content (AvgIpc) is 2.97. The van der Waals surface area contributed by atoms with Gasteiger partial charge in [0.15, 0.2) is 11.5 Å². The van der Waals surface area contributed by atoms with E-state index in [2.05, 4.69) is 58.7 Å². The Morgan fingerprint density at radius 1 is 0.974 bits per heavy atom. The maximum Gasteiger partial charge on any atom is 0.244 e. The molecule has 38 heavy (non-hydrogen) atoms. The number of nitrogens with zero attached hydrogens (tertiary/aromatic N) is 1. The number of nitrogens with one attached hydrogen (secondary N) is 1. The predicted octanol–water partition coefficient (Wildman–Crippen LogP) is 4.81. The molecule has 1 aliphatic rings. The summed E-state index contributed by atoms with van der Waals surface area (Å²) in [6, 6.07) is 24.1. The number of methoxy groups -OCH3 is 2. The molecule has 200 valence electrons. The molecule has 0 radical (unpaired) electrons. The zero-order valence-corrected chi connectivity index (χ0v) is 22.0. The van der Waals surface area contributed by atoms with Gasteiger partial charge < -0.3 is 29.5 Å². The van der Waals surface area contributed by atoms with E-state index in [1.807, 2.05) is 12.1 Å². The van der Waals surface area contributed by atoms with Crippen LogP contribution in [0.15, 0.2) is 78.9 Å². The minimum Gasteiger partial charge on any atom is -0.502 e. The van der Waals surface area contributed by atoms with Crippen LogP contribution in [0.5, 0.6) is 17.2 Å². The van der Waals surface area contributed by atoms with Gasteiger partial charge in [0.25, 0.3) is 0 Å². The Labute approximate surface area is 224 Å². The second-order valence-electron chi connectivity index (χ2n) is 9.28. The summed E-state index contributed by atoms with van der Waals surface area (Å²) >= 11 is 0. The number of phenols is 1. The number of aromatic hydroxyl groups is 1. The van der Waals surface area contributed by atoms with E-state index in [1.54, 1.807) is 18.2 Å². The Morgan fingerprint density at radius 3 is 2.05 bits per heavy atom. The van der Waals surface area contributed by atoms with Crippen LogP contribution in [0.2, 0.25) is 0 Å². The van der Waals surface area contributed by atoms with E-state index in [1.165, 1.54) is 31.4 Å². The van der Waals surface area contributed by atoms with Crippen LogP contribution in [0.4, 0.5) is 0 Å². The summed E-state index contributed by atoms with van der Waals surface area (Å²) in [5.74, 6) is 0.329. The van der Waals surface area contributed by atoms with Crippen LogP contribution < -0.4 is 14.8 Å². The Morgan fingerprint density at radius 2 is 1.53 bits per heavy atom. The third kappa shape index (κ3) is 7.37. The highest BCUT2D eigenvalue weighted by Crippen LogP contribution is 2.37. The molecule has 1 aliphatic heterocycles. The van der Waals surface area contributed by atoms with Crippen molar-refractivity contribution in [3.8, 4) is 17.2 Å². The van der Waals surface area contributed by atoms with Crippen molar-refractivity contribution in [1.82, 2.24) is 10.2 Å². The number of amides is 1. The lowest BCUT2D eigenvalue weighted by Crippen LogP contribution is -2.41. The minimum absolute atomic E-state index is 0.0681. The van der Waals surface area contributed by atoms with E-state index in [-0.39, 0.29) is 35.4 Å². The summed E-state index contributed by atoms with van der Waals surface area (Å²) in [6.45, 7) is 3.21. The van der Waals surface area contributed by atoms with E-state index < -0.39 is 0 Å². The van der Waals surface area contributed by atoms with Gasteiger partial charge in [0, 0.05) is 32.3 Å². The summed E-state index contributed by atoms with van der Waals surface area (Å²) in [7, 11) is 2.93. The van der Waals surface area contributed by atoms with E-state index in [0.717, 1.165) is 32.5 Å². The van der Waals surface area contributed by atoms with Crippen molar-refractivity contribution in [3.05, 3.63) is 95.6 Å². The first-order valence-corrected chi connectivity index (χ1v) is 13.0. The fraction of sp³-hybridized carbons (Fsp3) is 0.323. The summed E-state index contributed by atoms with van der Waals surface area (Å²) in [5, 5.41) is 13.0. The first kappa shape index (κ1) is 27.2. The fourth-order valence-corrected chi connectivity index (χ4v) is 4.64. The van der Waals surface area contributed by atoms with Crippen molar-refractivity contribution in [1.29, 1.82) is 0 Å². The van der Waals surface area contributed by atoms with Crippen LogP contribution in [-0.2, 0) is 9.53 Å². The molecule has 1 amide bonds. The number of hydrogen-bond donors (Lipinski definition) is 2. The summed E-state index contributed by atoms with van der Waals surface area (Å²) in [6.07, 6.45) is 5.15. The van der Waals surface area contributed by atoms with Crippen molar-refractivity contribution in [3.63, 3.8) is 0 Å². The van der Waals surface area contributed by atoms with Crippen LogP contribution in [0, 0.1) is 0 Å². The molecule has 1 heterocycles. The molecule has 2 N–H and O–H groups in total. The van der Waals surface area contributed by atoms with Crippen LogP contribution in [0.1, 0.15) is 35.6 Å². The maximum absolute atomic E-state index is 12.3. The minimum atomic E-state index is -0.178. The summed E-state index contributed by atoms with van der Waals surface area (Å²) in [4.78, 5) is 14.7. The molecule has 7 heteroatoms. The third-order valence-corrected chi connectivity index (χ3v) is 6.72. The van der Waals surface area contributed by atoms with E-state index in [9.17, 15) is 9.90 Å². The lowest BCUT2D eigenvalue weighted by molar-refractivity contribution is -0.116. The van der Waals surface area contributed by atoms with Crippen molar-refractivity contribution >= 4 is 12.0 Å². The molecule has 0 unspecified atom stereocenters. The van der Waals surface area contributed by atoms with E-state index in [0.29, 0.717) is 12.1 Å². The van der Waals surface area contributed by atoms with Gasteiger partial charge in [-0.1, -0.05) is 60.7 Å². The topological polar surface area (TPSA) is 80.3 Å². The maximum atomic E-state index is 12.3. The fourth-order valence-electron chi connectivity index (χ4n) is 4.64. The van der Waals surface area contributed by atoms with E-state index in [4.69, 9.17) is 14.2 Å². The highest BCUT2D eigenvalue weighted by Gasteiger charge is 2.24. The molecule has 3 aromatic rings. The molecule has 0 aliphatic carbocycles. The van der Waals surface area contributed by atoms with Gasteiger partial charge in [-0.15, -0.1) is 0 Å². The monoisotopic (exact) mass is 516 g/mol. The summed E-state index contributed by atoms with van der Waals surface area (Å²) in [5.41, 5.74) is 3.03. The molecule has 0 saturated carbocycles. The Hall–Kier alpha value is -3.81. The van der Waals surface area contributed by atoms with Gasteiger partial charge in [-0.2, -0.15) is 0 Å². The van der Waals surface area contributed by atoms with Gasteiger partial charge in [-0.3, -0.25) is 4.79 Å². The van der Waals surface area contributed by atoms with Gasteiger partial charge in [-0.05, 0) is 47.7 Å². The number of carbonyl (C=O) groups is 1.